The third-order valence-electron chi connectivity index (χ3n) is 3.81. The van der Waals surface area contributed by atoms with Crippen molar-refractivity contribution in [2.75, 3.05) is 0 Å². The highest BCUT2D eigenvalue weighted by molar-refractivity contribution is 5.77. The second kappa shape index (κ2) is 6.00. The van der Waals surface area contributed by atoms with Crippen LogP contribution in [0.25, 0.3) is 11.1 Å². The smallest absolute Gasteiger partial charge is 0.420 e. The number of carbonyl (C=O) groups excluding carboxylic acids is 1. The van der Waals surface area contributed by atoms with E-state index in [0.717, 1.165) is 5.56 Å². The molecule has 3 rings (SSSR count). The summed E-state index contributed by atoms with van der Waals surface area (Å²) in [6, 6.07) is 14.3. The maximum Gasteiger partial charge on any atom is 0.420 e. The van der Waals surface area contributed by atoms with Gasteiger partial charge in [-0.25, -0.2) is 9.59 Å². The number of benzene rings is 2. The van der Waals surface area contributed by atoms with E-state index in [0.29, 0.717) is 16.8 Å². The molecule has 0 saturated carbocycles. The summed E-state index contributed by atoms with van der Waals surface area (Å²) in [4.78, 5) is 24.0. The first-order valence-electron chi connectivity index (χ1n) is 7.74. The molecule has 0 amide bonds. The molecule has 0 atom stereocenters. The molecule has 124 valence electrons. The third-order valence-corrected chi connectivity index (χ3v) is 3.81. The van der Waals surface area contributed by atoms with Crippen LogP contribution in [-0.2, 0) is 16.8 Å². The van der Waals surface area contributed by atoms with Crippen LogP contribution in [-0.4, -0.2) is 10.5 Å². The molecule has 0 fully saturated rings. The summed E-state index contributed by atoms with van der Waals surface area (Å²) in [6.45, 7) is 6.15. The van der Waals surface area contributed by atoms with E-state index in [1.54, 1.807) is 36.4 Å². The number of para-hydroxylation sites is 2. The molecule has 5 nitrogen and oxygen atoms in total. The number of hydrogen-bond acceptors (Lipinski definition) is 4. The topological polar surface area (TPSA) is 61.4 Å². The number of rotatable bonds is 3. The largest absolute Gasteiger partial charge is 0.425 e. The van der Waals surface area contributed by atoms with E-state index < -0.39 is 11.7 Å². The van der Waals surface area contributed by atoms with Gasteiger partial charge < -0.3 is 9.15 Å². The Morgan fingerprint density at radius 3 is 2.42 bits per heavy atom. The highest BCUT2D eigenvalue weighted by Crippen LogP contribution is 2.24. The number of fused-ring (bicyclic) bond motifs is 1. The fraction of sp³-hybridized carbons (Fsp3) is 0.263. The second-order valence-corrected chi connectivity index (χ2v) is 6.67. The van der Waals surface area contributed by atoms with E-state index in [9.17, 15) is 9.59 Å². The van der Waals surface area contributed by atoms with Crippen molar-refractivity contribution < 1.29 is 13.9 Å². The van der Waals surface area contributed by atoms with Crippen LogP contribution in [0.15, 0.2) is 57.7 Å². The van der Waals surface area contributed by atoms with E-state index >= 15 is 0 Å². The number of esters is 1. The second-order valence-electron chi connectivity index (χ2n) is 6.67. The summed E-state index contributed by atoms with van der Waals surface area (Å²) in [7, 11) is 0. The van der Waals surface area contributed by atoms with E-state index in [2.05, 4.69) is 20.8 Å². The van der Waals surface area contributed by atoms with E-state index in [4.69, 9.17) is 9.15 Å². The summed E-state index contributed by atoms with van der Waals surface area (Å²) in [5, 5.41) is 0. The molecule has 0 unspecified atom stereocenters. The van der Waals surface area contributed by atoms with Crippen molar-refractivity contribution in [2.24, 2.45) is 0 Å². The highest BCUT2D eigenvalue weighted by atomic mass is 16.5. The maximum absolute atomic E-state index is 12.1. The number of aromatic nitrogens is 1. The van der Waals surface area contributed by atoms with E-state index in [1.165, 1.54) is 4.57 Å². The van der Waals surface area contributed by atoms with Gasteiger partial charge in [-0.15, -0.1) is 0 Å². The Balaban J connectivity index is 1.76. The predicted molar refractivity (Wildman–Crippen MR) is 91.3 cm³/mol. The van der Waals surface area contributed by atoms with Gasteiger partial charge in [0.25, 0.3) is 0 Å². The Morgan fingerprint density at radius 2 is 1.75 bits per heavy atom. The van der Waals surface area contributed by atoms with Gasteiger partial charge in [0.2, 0.25) is 0 Å². The van der Waals surface area contributed by atoms with E-state index in [-0.39, 0.29) is 12.0 Å². The minimum atomic E-state index is -0.573. The molecule has 1 heterocycles. The predicted octanol–water partition coefficient (Wildman–Crippen LogP) is 3.50. The van der Waals surface area contributed by atoms with Crippen molar-refractivity contribution in [1.82, 2.24) is 4.57 Å². The molecule has 24 heavy (non-hydrogen) atoms. The number of nitrogens with zero attached hydrogens (tertiary/aromatic N) is 1. The molecule has 0 N–H and O–H groups in total. The van der Waals surface area contributed by atoms with Gasteiger partial charge >= 0.3 is 11.7 Å². The Labute approximate surface area is 139 Å². The van der Waals surface area contributed by atoms with E-state index in [1.807, 2.05) is 12.1 Å². The van der Waals surface area contributed by atoms with Crippen molar-refractivity contribution in [3.63, 3.8) is 0 Å². The van der Waals surface area contributed by atoms with Crippen molar-refractivity contribution in [3.8, 4) is 5.75 Å². The maximum atomic E-state index is 12.1. The monoisotopic (exact) mass is 325 g/mol. The first-order valence-corrected chi connectivity index (χ1v) is 7.74. The number of oxazole rings is 1. The molecule has 0 aliphatic rings. The Bertz CT molecular complexity index is 926. The lowest BCUT2D eigenvalue weighted by Crippen LogP contribution is -2.23. The highest BCUT2D eigenvalue weighted by Gasteiger charge is 2.15. The molecule has 1 aromatic heterocycles. The van der Waals surface area contributed by atoms with Crippen molar-refractivity contribution in [1.29, 1.82) is 0 Å². The summed E-state index contributed by atoms with van der Waals surface area (Å²) >= 11 is 0. The van der Waals surface area contributed by atoms with Gasteiger partial charge in [-0.3, -0.25) is 4.57 Å². The first-order chi connectivity index (χ1) is 11.3. The lowest BCUT2D eigenvalue weighted by Gasteiger charge is -2.19. The lowest BCUT2D eigenvalue weighted by molar-refractivity contribution is -0.135. The van der Waals surface area contributed by atoms with Gasteiger partial charge in [0, 0.05) is 0 Å². The minimum Gasteiger partial charge on any atom is -0.425 e. The van der Waals surface area contributed by atoms with Crippen LogP contribution < -0.4 is 10.5 Å². The van der Waals surface area contributed by atoms with Gasteiger partial charge in [-0.2, -0.15) is 0 Å². The Morgan fingerprint density at radius 1 is 1.08 bits per heavy atom. The minimum absolute atomic E-state index is 0.0333. The zero-order chi connectivity index (χ0) is 17.3. The molecule has 0 spiro atoms. The third kappa shape index (κ3) is 3.25. The molecule has 0 bridgehead atoms. The summed E-state index contributed by atoms with van der Waals surface area (Å²) in [5.41, 5.74) is 2.21. The quantitative estimate of drug-likeness (QED) is 0.546. The standard InChI is InChI=1S/C19H19NO4/c1-19(2,3)13-8-10-14(11-9-13)23-17(21)12-20-15-6-4-5-7-16(15)24-18(20)22/h4-11H,12H2,1-3H3. The lowest BCUT2D eigenvalue weighted by atomic mass is 9.87. The van der Waals surface area contributed by atoms with Gasteiger partial charge in [-0.05, 0) is 35.2 Å². The average molecular weight is 325 g/mol. The number of carbonyl (C=O) groups is 1. The molecule has 0 aliphatic carbocycles. The fourth-order valence-electron chi connectivity index (χ4n) is 2.48. The van der Waals surface area contributed by atoms with Gasteiger partial charge in [0.1, 0.15) is 12.3 Å². The van der Waals surface area contributed by atoms with Crippen LogP contribution in [0.3, 0.4) is 0 Å². The SMILES string of the molecule is CC(C)(C)c1ccc(OC(=O)Cn2c(=O)oc3ccccc32)cc1. The van der Waals surface area contributed by atoms with Crippen LogP contribution in [0.4, 0.5) is 0 Å². The molecule has 0 aliphatic heterocycles. The zero-order valence-electron chi connectivity index (χ0n) is 13.9. The summed E-state index contributed by atoms with van der Waals surface area (Å²) in [6.07, 6.45) is 0. The van der Waals surface area contributed by atoms with Crippen LogP contribution in [0.2, 0.25) is 0 Å². The number of hydrogen-bond donors (Lipinski definition) is 0. The molecule has 0 radical (unpaired) electrons. The van der Waals surface area contributed by atoms with Gasteiger partial charge in [0.05, 0.1) is 5.52 Å². The molecule has 5 heteroatoms. The summed E-state index contributed by atoms with van der Waals surface area (Å²) < 4.78 is 11.7. The van der Waals surface area contributed by atoms with Crippen LogP contribution in [0.1, 0.15) is 26.3 Å². The van der Waals surface area contributed by atoms with Crippen LogP contribution >= 0.6 is 0 Å². The zero-order valence-corrected chi connectivity index (χ0v) is 13.9. The van der Waals surface area contributed by atoms with Crippen molar-refractivity contribution in [2.45, 2.75) is 32.7 Å². The van der Waals surface area contributed by atoms with Crippen molar-refractivity contribution in [3.05, 3.63) is 64.6 Å². The Hall–Kier alpha value is -2.82. The first kappa shape index (κ1) is 16.1. The van der Waals surface area contributed by atoms with Crippen LogP contribution in [0, 0.1) is 0 Å². The normalized spacial score (nSPS) is 11.6. The molecule has 3 aromatic rings. The van der Waals surface area contributed by atoms with Crippen LogP contribution in [0.5, 0.6) is 5.75 Å². The van der Waals surface area contributed by atoms with Gasteiger partial charge in [-0.1, -0.05) is 45.0 Å². The number of ether oxygens (including phenoxy) is 1. The molecule has 2 aromatic carbocycles. The average Bonchev–Trinajstić information content (AvgIpc) is 2.83. The molecular formula is C19H19NO4. The van der Waals surface area contributed by atoms with Gasteiger partial charge in [0.15, 0.2) is 5.58 Å². The molecule has 0 saturated heterocycles. The van der Waals surface area contributed by atoms with Crippen molar-refractivity contribution >= 4 is 17.1 Å². The molecular weight excluding hydrogens is 306 g/mol. The summed E-state index contributed by atoms with van der Waals surface area (Å²) in [5.74, 6) is -0.641. The fourth-order valence-corrected chi connectivity index (χ4v) is 2.48. The Kier molecular flexibility index (Phi) is 4.01.